The van der Waals surface area contributed by atoms with Crippen LogP contribution in [0.3, 0.4) is 0 Å². The first-order valence-corrected chi connectivity index (χ1v) is 11.0. The quantitative estimate of drug-likeness (QED) is 0.319. The molecule has 9 heteroatoms. The summed E-state index contributed by atoms with van der Waals surface area (Å²) in [6.45, 7) is 0.335. The molecule has 31 heavy (non-hydrogen) atoms. The number of amides is 1. The van der Waals surface area contributed by atoms with Gasteiger partial charge >= 0.3 is 0 Å². The van der Waals surface area contributed by atoms with E-state index in [4.69, 9.17) is 27.6 Å². The van der Waals surface area contributed by atoms with Crippen LogP contribution in [0, 0.1) is 0 Å². The number of halogens is 2. The molecule has 1 amide bonds. The van der Waals surface area contributed by atoms with E-state index in [0.29, 0.717) is 27.7 Å². The molecule has 0 aliphatic heterocycles. The van der Waals surface area contributed by atoms with Gasteiger partial charge in [0.05, 0.1) is 18.0 Å². The Morgan fingerprint density at radius 2 is 1.65 bits per heavy atom. The fraction of sp³-hybridized carbons (Fsp3) is 0.0909. The van der Waals surface area contributed by atoms with Crippen molar-refractivity contribution in [2.75, 3.05) is 10.7 Å². The highest BCUT2D eigenvalue weighted by molar-refractivity contribution is 7.99. The lowest BCUT2D eigenvalue weighted by atomic mass is 10.2. The number of carbonyl (C=O) groups is 1. The summed E-state index contributed by atoms with van der Waals surface area (Å²) in [6.07, 6.45) is 1.70. The first kappa shape index (κ1) is 21.4. The molecule has 0 fully saturated rings. The molecule has 0 aliphatic rings. The fourth-order valence-corrected chi connectivity index (χ4v) is 3.67. The molecule has 0 N–H and O–H groups in total. The van der Waals surface area contributed by atoms with Crippen LogP contribution < -0.4 is 4.90 Å². The first-order chi connectivity index (χ1) is 15.1. The Labute approximate surface area is 193 Å². The molecule has 156 valence electrons. The number of benzene rings is 2. The van der Waals surface area contributed by atoms with Crippen LogP contribution in [0.1, 0.15) is 5.69 Å². The van der Waals surface area contributed by atoms with E-state index < -0.39 is 0 Å². The number of hydrogen-bond acceptors (Lipinski definition) is 6. The summed E-state index contributed by atoms with van der Waals surface area (Å²) < 4.78 is 5.68. The van der Waals surface area contributed by atoms with Gasteiger partial charge in [-0.15, -0.1) is 10.2 Å². The molecule has 0 aliphatic carbocycles. The second-order valence-electron chi connectivity index (χ2n) is 6.45. The van der Waals surface area contributed by atoms with E-state index >= 15 is 0 Å². The van der Waals surface area contributed by atoms with Gasteiger partial charge in [-0.3, -0.25) is 9.78 Å². The molecule has 0 saturated carbocycles. The number of anilines is 1. The second kappa shape index (κ2) is 9.96. The lowest BCUT2D eigenvalue weighted by Crippen LogP contribution is -2.32. The van der Waals surface area contributed by atoms with Crippen LogP contribution in [0.5, 0.6) is 0 Å². The highest BCUT2D eigenvalue weighted by atomic mass is 35.5. The molecule has 2 heterocycles. The van der Waals surface area contributed by atoms with Gasteiger partial charge in [-0.1, -0.05) is 41.0 Å². The van der Waals surface area contributed by atoms with Crippen molar-refractivity contribution in [3.63, 3.8) is 0 Å². The molecular weight excluding hydrogens is 455 g/mol. The van der Waals surface area contributed by atoms with Gasteiger partial charge in [0.25, 0.3) is 5.22 Å². The summed E-state index contributed by atoms with van der Waals surface area (Å²) in [5.74, 6) is 0.372. The van der Waals surface area contributed by atoms with Crippen LogP contribution in [0.25, 0.3) is 11.5 Å². The third kappa shape index (κ3) is 5.64. The number of thioether (sulfide) groups is 1. The van der Waals surface area contributed by atoms with Gasteiger partial charge < -0.3 is 9.32 Å². The van der Waals surface area contributed by atoms with Crippen molar-refractivity contribution in [2.24, 2.45) is 0 Å². The van der Waals surface area contributed by atoms with Gasteiger partial charge in [0.2, 0.25) is 11.8 Å². The van der Waals surface area contributed by atoms with E-state index in [-0.39, 0.29) is 11.7 Å². The van der Waals surface area contributed by atoms with Crippen LogP contribution >= 0.6 is 35.0 Å². The van der Waals surface area contributed by atoms with Crippen molar-refractivity contribution in [1.82, 2.24) is 15.2 Å². The smallest absolute Gasteiger partial charge is 0.277 e. The minimum absolute atomic E-state index is 0.121. The standard InChI is InChI=1S/C22H16Cl2N4O2S/c23-16-6-4-15(5-7-16)21-26-27-22(30-21)31-14-20(29)28(13-18-3-1-2-12-25-18)19-10-8-17(24)9-11-19/h1-12H,13-14H2. The van der Waals surface area contributed by atoms with E-state index in [1.807, 2.05) is 18.2 Å². The van der Waals surface area contributed by atoms with Crippen molar-refractivity contribution >= 4 is 46.6 Å². The minimum Gasteiger partial charge on any atom is -0.411 e. The predicted octanol–water partition coefficient (Wildman–Crippen LogP) is 5.76. The Balaban J connectivity index is 1.47. The Kier molecular flexibility index (Phi) is 6.86. The lowest BCUT2D eigenvalue weighted by Gasteiger charge is -2.22. The highest BCUT2D eigenvalue weighted by Gasteiger charge is 2.19. The average molecular weight is 471 g/mol. The van der Waals surface area contributed by atoms with Gasteiger partial charge in [-0.05, 0) is 60.7 Å². The summed E-state index contributed by atoms with van der Waals surface area (Å²) in [4.78, 5) is 19.0. The monoisotopic (exact) mass is 470 g/mol. The number of aromatic nitrogens is 3. The Morgan fingerprint density at radius 3 is 2.32 bits per heavy atom. The highest BCUT2D eigenvalue weighted by Crippen LogP contribution is 2.26. The largest absolute Gasteiger partial charge is 0.411 e. The Hall–Kier alpha value is -2.87. The molecule has 0 bridgehead atoms. The van der Waals surface area contributed by atoms with E-state index in [1.165, 1.54) is 11.8 Å². The summed E-state index contributed by atoms with van der Waals surface area (Å²) >= 11 is 13.1. The molecule has 0 unspecified atom stereocenters. The minimum atomic E-state index is -0.121. The summed E-state index contributed by atoms with van der Waals surface area (Å²) in [5.41, 5.74) is 2.26. The molecular formula is C22H16Cl2N4O2S. The summed E-state index contributed by atoms with van der Waals surface area (Å²) in [5, 5.41) is 9.61. The maximum absolute atomic E-state index is 13.1. The SMILES string of the molecule is O=C(CSc1nnc(-c2ccc(Cl)cc2)o1)N(Cc1ccccn1)c1ccc(Cl)cc1. The molecule has 4 rings (SSSR count). The Morgan fingerprint density at radius 1 is 0.935 bits per heavy atom. The summed E-state index contributed by atoms with van der Waals surface area (Å²) in [6, 6.07) is 19.8. The third-order valence-electron chi connectivity index (χ3n) is 4.30. The third-order valence-corrected chi connectivity index (χ3v) is 5.61. The fourth-order valence-electron chi connectivity index (χ4n) is 2.78. The normalized spacial score (nSPS) is 10.8. The van der Waals surface area contributed by atoms with Crippen LogP contribution in [0.2, 0.25) is 10.0 Å². The van der Waals surface area contributed by atoms with E-state index in [0.717, 1.165) is 16.9 Å². The van der Waals surface area contributed by atoms with Crippen molar-refractivity contribution in [3.8, 4) is 11.5 Å². The molecule has 0 radical (unpaired) electrons. The zero-order chi connectivity index (χ0) is 21.6. The van der Waals surface area contributed by atoms with Gasteiger partial charge in [0.15, 0.2) is 0 Å². The van der Waals surface area contributed by atoms with Crippen LogP contribution in [-0.4, -0.2) is 26.8 Å². The molecule has 0 atom stereocenters. The van der Waals surface area contributed by atoms with E-state index in [9.17, 15) is 4.79 Å². The van der Waals surface area contributed by atoms with E-state index in [2.05, 4.69) is 15.2 Å². The molecule has 2 aromatic heterocycles. The van der Waals surface area contributed by atoms with Gasteiger partial charge in [-0.25, -0.2) is 0 Å². The number of nitrogens with zero attached hydrogens (tertiary/aromatic N) is 4. The molecule has 6 nitrogen and oxygen atoms in total. The topological polar surface area (TPSA) is 72.1 Å². The number of pyridine rings is 1. The number of carbonyl (C=O) groups excluding carboxylic acids is 1. The second-order valence-corrected chi connectivity index (χ2v) is 8.25. The zero-order valence-corrected chi connectivity index (χ0v) is 18.4. The maximum atomic E-state index is 13.1. The van der Waals surface area contributed by atoms with Crippen molar-refractivity contribution in [2.45, 2.75) is 11.8 Å². The predicted molar refractivity (Wildman–Crippen MR) is 122 cm³/mol. The maximum Gasteiger partial charge on any atom is 0.277 e. The lowest BCUT2D eigenvalue weighted by molar-refractivity contribution is -0.116. The van der Waals surface area contributed by atoms with Crippen LogP contribution in [0.4, 0.5) is 5.69 Å². The molecule has 0 spiro atoms. The van der Waals surface area contributed by atoms with E-state index in [1.54, 1.807) is 59.6 Å². The van der Waals surface area contributed by atoms with Gasteiger partial charge in [0, 0.05) is 27.5 Å². The molecule has 4 aromatic rings. The average Bonchev–Trinajstić information content (AvgIpc) is 3.27. The van der Waals surface area contributed by atoms with Crippen LogP contribution in [-0.2, 0) is 11.3 Å². The van der Waals surface area contributed by atoms with Gasteiger partial charge in [0.1, 0.15) is 0 Å². The Bertz CT molecular complexity index is 1150. The molecule has 2 aromatic carbocycles. The number of rotatable bonds is 7. The van der Waals surface area contributed by atoms with Crippen molar-refractivity contribution in [3.05, 3.63) is 88.7 Å². The molecule has 0 saturated heterocycles. The first-order valence-electron chi connectivity index (χ1n) is 9.26. The van der Waals surface area contributed by atoms with Crippen molar-refractivity contribution in [1.29, 1.82) is 0 Å². The number of hydrogen-bond donors (Lipinski definition) is 0. The van der Waals surface area contributed by atoms with Crippen molar-refractivity contribution < 1.29 is 9.21 Å². The summed E-state index contributed by atoms with van der Waals surface area (Å²) in [7, 11) is 0. The van der Waals surface area contributed by atoms with Crippen LogP contribution in [0.15, 0.2) is 82.6 Å². The van der Waals surface area contributed by atoms with Gasteiger partial charge in [-0.2, -0.15) is 0 Å². The zero-order valence-electron chi connectivity index (χ0n) is 16.1.